The zero-order valence-corrected chi connectivity index (χ0v) is 16.1. The van der Waals surface area contributed by atoms with Gasteiger partial charge in [-0.25, -0.2) is 4.90 Å². The third-order valence-corrected chi connectivity index (χ3v) is 5.63. The molecule has 0 aliphatic carbocycles. The Morgan fingerprint density at radius 2 is 1.89 bits per heavy atom. The molecule has 1 unspecified atom stereocenters. The third-order valence-electron chi connectivity index (χ3n) is 4.59. The first-order valence-electron chi connectivity index (χ1n) is 8.48. The minimum Gasteiger partial charge on any atom is -0.508 e. The van der Waals surface area contributed by atoms with E-state index in [2.05, 4.69) is 5.32 Å². The molecule has 0 spiro atoms. The first-order chi connectivity index (χ1) is 12.8. The van der Waals surface area contributed by atoms with Gasteiger partial charge in [0.1, 0.15) is 11.0 Å². The van der Waals surface area contributed by atoms with Gasteiger partial charge in [-0.3, -0.25) is 14.4 Å². The van der Waals surface area contributed by atoms with Gasteiger partial charge in [0.25, 0.3) is 5.24 Å². The number of hydrogen-bond acceptors (Lipinski definition) is 5. The molecule has 2 N–H and O–H groups in total. The summed E-state index contributed by atoms with van der Waals surface area (Å²) in [6.07, 6.45) is -0.100. The molecule has 6 nitrogen and oxygen atoms in total. The highest BCUT2D eigenvalue weighted by Gasteiger charge is 2.42. The third kappa shape index (κ3) is 3.83. The van der Waals surface area contributed by atoms with Crippen LogP contribution in [0.25, 0.3) is 0 Å². The molecule has 7 heteroatoms. The Bertz CT molecular complexity index is 942. The van der Waals surface area contributed by atoms with Gasteiger partial charge < -0.3 is 10.4 Å². The van der Waals surface area contributed by atoms with Gasteiger partial charge in [0.2, 0.25) is 11.8 Å². The Labute approximate surface area is 161 Å². The fourth-order valence-electron chi connectivity index (χ4n) is 2.94. The van der Waals surface area contributed by atoms with E-state index in [0.717, 1.165) is 27.8 Å². The van der Waals surface area contributed by atoms with Crippen LogP contribution in [0.2, 0.25) is 0 Å². The standard InChI is InChI=1S/C20H20N2O4S/c1-11-5-4-6-16(13(11)3)22-19(25)17(27-20(22)26)10-18(24)21-15-8-7-14(23)9-12(15)2/h4-9,17,23H,10H2,1-3H3,(H,21,24). The molecule has 3 rings (SSSR count). The lowest BCUT2D eigenvalue weighted by atomic mass is 10.1. The van der Waals surface area contributed by atoms with E-state index in [1.54, 1.807) is 25.1 Å². The van der Waals surface area contributed by atoms with Gasteiger partial charge in [-0.15, -0.1) is 0 Å². The monoisotopic (exact) mass is 384 g/mol. The number of carbonyl (C=O) groups is 3. The molecule has 27 heavy (non-hydrogen) atoms. The number of aromatic hydroxyl groups is 1. The Kier molecular flexibility index (Phi) is 5.23. The fraction of sp³-hybridized carbons (Fsp3) is 0.250. The Morgan fingerprint density at radius 1 is 1.15 bits per heavy atom. The number of carbonyl (C=O) groups excluding carboxylic acids is 3. The molecule has 1 fully saturated rings. The van der Waals surface area contributed by atoms with E-state index in [4.69, 9.17) is 0 Å². The van der Waals surface area contributed by atoms with Crippen LogP contribution >= 0.6 is 11.8 Å². The highest BCUT2D eigenvalue weighted by atomic mass is 32.2. The van der Waals surface area contributed by atoms with Crippen LogP contribution in [0.3, 0.4) is 0 Å². The summed E-state index contributed by atoms with van der Waals surface area (Å²) in [5.74, 6) is -0.622. The van der Waals surface area contributed by atoms with Crippen molar-refractivity contribution in [2.24, 2.45) is 0 Å². The van der Waals surface area contributed by atoms with Crippen molar-refractivity contribution >= 4 is 40.2 Å². The molecule has 2 aromatic carbocycles. The molecular weight excluding hydrogens is 364 g/mol. The first-order valence-corrected chi connectivity index (χ1v) is 9.36. The summed E-state index contributed by atoms with van der Waals surface area (Å²) in [5, 5.41) is 11.0. The number of aryl methyl sites for hydroxylation is 2. The minimum atomic E-state index is -0.755. The number of benzene rings is 2. The van der Waals surface area contributed by atoms with E-state index in [9.17, 15) is 19.5 Å². The number of nitrogens with zero attached hydrogens (tertiary/aromatic N) is 1. The van der Waals surface area contributed by atoms with Gasteiger partial charge in [0.05, 0.1) is 5.69 Å². The number of phenols is 1. The predicted molar refractivity (Wildman–Crippen MR) is 106 cm³/mol. The predicted octanol–water partition coefficient (Wildman–Crippen LogP) is 3.91. The van der Waals surface area contributed by atoms with Crippen molar-refractivity contribution in [3.63, 3.8) is 0 Å². The summed E-state index contributed by atoms with van der Waals surface area (Å²) in [5.41, 5.74) is 3.69. The van der Waals surface area contributed by atoms with Gasteiger partial charge in [-0.2, -0.15) is 0 Å². The summed E-state index contributed by atoms with van der Waals surface area (Å²) in [6, 6.07) is 10.1. The van der Waals surface area contributed by atoms with Crippen molar-refractivity contribution in [3.8, 4) is 5.75 Å². The molecule has 1 atom stereocenters. The molecule has 0 aromatic heterocycles. The average Bonchev–Trinajstić information content (AvgIpc) is 2.87. The van der Waals surface area contributed by atoms with E-state index >= 15 is 0 Å². The van der Waals surface area contributed by atoms with Gasteiger partial charge in [-0.1, -0.05) is 12.1 Å². The van der Waals surface area contributed by atoms with Gasteiger partial charge in [0.15, 0.2) is 0 Å². The topological polar surface area (TPSA) is 86.7 Å². The van der Waals surface area contributed by atoms with Crippen molar-refractivity contribution in [2.45, 2.75) is 32.4 Å². The molecule has 0 radical (unpaired) electrons. The van der Waals surface area contributed by atoms with Gasteiger partial charge in [0, 0.05) is 12.1 Å². The van der Waals surface area contributed by atoms with Crippen molar-refractivity contribution in [3.05, 3.63) is 53.1 Å². The number of imide groups is 1. The minimum absolute atomic E-state index is 0.100. The molecular formula is C20H20N2O4S. The maximum absolute atomic E-state index is 12.8. The van der Waals surface area contributed by atoms with E-state index in [1.165, 1.54) is 12.1 Å². The lowest BCUT2D eigenvalue weighted by molar-refractivity contribution is -0.121. The van der Waals surface area contributed by atoms with Crippen molar-refractivity contribution < 1.29 is 19.5 Å². The number of nitrogens with one attached hydrogen (secondary N) is 1. The van der Waals surface area contributed by atoms with Crippen molar-refractivity contribution in [1.82, 2.24) is 0 Å². The number of anilines is 2. The molecule has 1 aliphatic heterocycles. The van der Waals surface area contributed by atoms with E-state index < -0.39 is 5.25 Å². The average molecular weight is 384 g/mol. The Hall–Kier alpha value is -2.80. The maximum Gasteiger partial charge on any atom is 0.293 e. The zero-order valence-electron chi connectivity index (χ0n) is 15.3. The molecule has 1 aliphatic rings. The number of hydrogen-bond donors (Lipinski definition) is 2. The SMILES string of the molecule is Cc1cc(O)ccc1NC(=O)CC1SC(=O)N(c2cccc(C)c2C)C1=O. The van der Waals surface area contributed by atoms with Crippen molar-refractivity contribution in [2.75, 3.05) is 10.2 Å². The fourth-order valence-corrected chi connectivity index (χ4v) is 3.92. The summed E-state index contributed by atoms with van der Waals surface area (Å²) >= 11 is 0.873. The summed E-state index contributed by atoms with van der Waals surface area (Å²) < 4.78 is 0. The summed E-state index contributed by atoms with van der Waals surface area (Å²) in [7, 11) is 0. The van der Waals surface area contributed by atoms with Crippen LogP contribution in [-0.4, -0.2) is 27.4 Å². The maximum atomic E-state index is 12.8. The number of rotatable bonds is 4. The van der Waals surface area contributed by atoms with E-state index in [0.29, 0.717) is 16.9 Å². The Balaban J connectivity index is 1.73. The zero-order chi connectivity index (χ0) is 19.7. The van der Waals surface area contributed by atoms with Gasteiger partial charge >= 0.3 is 0 Å². The molecule has 1 saturated heterocycles. The summed E-state index contributed by atoms with van der Waals surface area (Å²) in [4.78, 5) is 38.7. The highest BCUT2D eigenvalue weighted by Crippen LogP contribution is 2.35. The second kappa shape index (κ2) is 7.44. The lowest BCUT2D eigenvalue weighted by Gasteiger charge is -2.17. The smallest absolute Gasteiger partial charge is 0.293 e. The van der Waals surface area contributed by atoms with Crippen LogP contribution in [0, 0.1) is 20.8 Å². The quantitative estimate of drug-likeness (QED) is 0.781. The van der Waals surface area contributed by atoms with E-state index in [1.807, 2.05) is 19.9 Å². The molecule has 1 heterocycles. The summed E-state index contributed by atoms with van der Waals surface area (Å²) in [6.45, 7) is 5.54. The molecule has 0 saturated carbocycles. The highest BCUT2D eigenvalue weighted by molar-refractivity contribution is 8.15. The second-order valence-corrected chi connectivity index (χ2v) is 7.67. The van der Waals surface area contributed by atoms with Crippen LogP contribution in [-0.2, 0) is 9.59 Å². The number of thioether (sulfide) groups is 1. The number of amides is 3. The molecule has 140 valence electrons. The largest absolute Gasteiger partial charge is 0.508 e. The van der Waals surface area contributed by atoms with Crippen LogP contribution in [0.15, 0.2) is 36.4 Å². The lowest BCUT2D eigenvalue weighted by Crippen LogP contribution is -2.33. The van der Waals surface area contributed by atoms with Crippen LogP contribution < -0.4 is 10.2 Å². The van der Waals surface area contributed by atoms with Crippen LogP contribution in [0.1, 0.15) is 23.1 Å². The van der Waals surface area contributed by atoms with Crippen LogP contribution in [0.5, 0.6) is 5.75 Å². The number of phenolic OH excluding ortho intramolecular Hbond substituents is 1. The Morgan fingerprint density at radius 3 is 2.59 bits per heavy atom. The first kappa shape index (κ1) is 19.0. The van der Waals surface area contributed by atoms with Crippen molar-refractivity contribution in [1.29, 1.82) is 0 Å². The molecule has 0 bridgehead atoms. The second-order valence-electron chi connectivity index (χ2n) is 6.52. The van der Waals surface area contributed by atoms with E-state index in [-0.39, 0.29) is 29.2 Å². The molecule has 2 aromatic rings. The molecule has 3 amide bonds. The van der Waals surface area contributed by atoms with Crippen LogP contribution in [0.4, 0.5) is 16.2 Å². The normalized spacial score (nSPS) is 16.7. The van der Waals surface area contributed by atoms with Gasteiger partial charge in [-0.05, 0) is 73.5 Å².